The Morgan fingerprint density at radius 2 is 2.29 bits per heavy atom. The largest absolute Gasteiger partial charge is 0.326 e. The summed E-state index contributed by atoms with van der Waals surface area (Å²) < 4.78 is 0. The monoisotopic (exact) mass is 272 g/mol. The zero-order valence-electron chi connectivity index (χ0n) is 11.1. The maximum absolute atomic E-state index is 6.27. The molecule has 0 fully saturated rings. The maximum Gasteiger partial charge on any atom is 0.0590 e. The molecule has 0 saturated heterocycles. The lowest BCUT2D eigenvalue weighted by molar-refractivity contribution is 0.214. The molecule has 0 saturated carbocycles. The summed E-state index contributed by atoms with van der Waals surface area (Å²) in [5, 5.41) is 2.14. The van der Waals surface area contributed by atoms with Gasteiger partial charge in [-0.05, 0) is 49.9 Å². The van der Waals surface area contributed by atoms with E-state index in [2.05, 4.69) is 42.6 Å². The summed E-state index contributed by atoms with van der Waals surface area (Å²) in [6, 6.07) is 4.93. The van der Waals surface area contributed by atoms with Gasteiger partial charge in [-0.1, -0.05) is 13.0 Å². The molecule has 0 spiro atoms. The Morgan fingerprint density at radius 3 is 2.82 bits per heavy atom. The van der Waals surface area contributed by atoms with E-state index in [4.69, 9.17) is 5.73 Å². The van der Waals surface area contributed by atoms with Gasteiger partial charge < -0.3 is 5.73 Å². The Morgan fingerprint density at radius 1 is 1.53 bits per heavy atom. The van der Waals surface area contributed by atoms with Gasteiger partial charge >= 0.3 is 0 Å². The summed E-state index contributed by atoms with van der Waals surface area (Å²) >= 11 is 3.73. The second-order valence-electron chi connectivity index (χ2n) is 4.36. The zero-order valence-corrected chi connectivity index (χ0v) is 12.7. The van der Waals surface area contributed by atoms with E-state index >= 15 is 0 Å². The molecule has 0 aliphatic carbocycles. The molecule has 2 atom stereocenters. The second-order valence-corrected chi connectivity index (χ2v) is 6.32. The highest BCUT2D eigenvalue weighted by atomic mass is 32.2. The third-order valence-corrected chi connectivity index (χ3v) is 4.69. The van der Waals surface area contributed by atoms with Crippen molar-refractivity contribution < 1.29 is 0 Å². The number of nitrogens with zero attached hydrogens (tertiary/aromatic N) is 1. The van der Waals surface area contributed by atoms with Crippen molar-refractivity contribution in [2.75, 3.05) is 25.6 Å². The van der Waals surface area contributed by atoms with Gasteiger partial charge in [0.25, 0.3) is 0 Å². The molecule has 0 radical (unpaired) electrons. The van der Waals surface area contributed by atoms with E-state index in [1.165, 1.54) is 17.1 Å². The number of nitrogens with two attached hydrogens (primary N) is 1. The van der Waals surface area contributed by atoms with Crippen LogP contribution in [0.4, 0.5) is 0 Å². The Hall–Kier alpha value is -0.0300. The van der Waals surface area contributed by atoms with Crippen molar-refractivity contribution in [1.29, 1.82) is 0 Å². The van der Waals surface area contributed by atoms with Crippen LogP contribution in [-0.4, -0.2) is 36.5 Å². The van der Waals surface area contributed by atoms with Crippen molar-refractivity contribution in [3.8, 4) is 0 Å². The smallest absolute Gasteiger partial charge is 0.0590 e. The van der Waals surface area contributed by atoms with Gasteiger partial charge in [0.05, 0.1) is 6.04 Å². The van der Waals surface area contributed by atoms with Crippen LogP contribution < -0.4 is 5.73 Å². The molecule has 1 rings (SSSR count). The van der Waals surface area contributed by atoms with E-state index in [-0.39, 0.29) is 6.04 Å². The lowest BCUT2D eigenvalue weighted by atomic mass is 10.0. The van der Waals surface area contributed by atoms with Crippen molar-refractivity contribution in [1.82, 2.24) is 4.90 Å². The quantitative estimate of drug-likeness (QED) is 0.737. The van der Waals surface area contributed by atoms with E-state index in [9.17, 15) is 0 Å². The van der Waals surface area contributed by atoms with E-state index < -0.39 is 0 Å². The predicted molar refractivity (Wildman–Crippen MR) is 81.0 cm³/mol. The minimum Gasteiger partial charge on any atom is -0.326 e. The summed E-state index contributed by atoms with van der Waals surface area (Å²) in [7, 11) is 2.19. The molecule has 0 aliphatic rings. The third kappa shape index (κ3) is 4.62. The van der Waals surface area contributed by atoms with Crippen molar-refractivity contribution in [2.24, 2.45) is 5.73 Å². The third-order valence-electron chi connectivity index (χ3n) is 3.05. The Bertz CT molecular complexity index is 288. The van der Waals surface area contributed by atoms with Crippen molar-refractivity contribution in [3.63, 3.8) is 0 Å². The van der Waals surface area contributed by atoms with Gasteiger partial charge in [-0.25, -0.2) is 0 Å². The van der Waals surface area contributed by atoms with Crippen LogP contribution in [0.5, 0.6) is 0 Å². The van der Waals surface area contributed by atoms with Crippen LogP contribution in [0.1, 0.15) is 30.7 Å². The van der Waals surface area contributed by atoms with E-state index in [1.54, 1.807) is 0 Å². The van der Waals surface area contributed by atoms with Crippen LogP contribution in [0.3, 0.4) is 0 Å². The molecule has 1 aromatic rings. The van der Waals surface area contributed by atoms with Crippen molar-refractivity contribution in [2.45, 2.75) is 31.8 Å². The molecular formula is C13H24N2S2. The molecule has 0 aromatic carbocycles. The highest BCUT2D eigenvalue weighted by Crippen LogP contribution is 2.27. The first-order valence-electron chi connectivity index (χ1n) is 6.18. The average Bonchev–Trinajstić information content (AvgIpc) is 2.83. The van der Waals surface area contributed by atoms with E-state index in [1.807, 2.05) is 23.1 Å². The molecule has 98 valence electrons. The summed E-state index contributed by atoms with van der Waals surface area (Å²) in [5.41, 5.74) is 6.27. The summed E-state index contributed by atoms with van der Waals surface area (Å²) in [5.74, 6) is 1.23. The second kappa shape index (κ2) is 8.14. The normalized spacial score (nSPS) is 15.1. The van der Waals surface area contributed by atoms with Crippen LogP contribution in [-0.2, 0) is 0 Å². The van der Waals surface area contributed by atoms with Crippen LogP contribution in [0.25, 0.3) is 0 Å². The maximum atomic E-state index is 6.27. The SMILES string of the molecule is CCC(N)C(c1cccs1)N(C)CCCSC. The van der Waals surface area contributed by atoms with Gasteiger partial charge in [0.2, 0.25) is 0 Å². The summed E-state index contributed by atoms with van der Waals surface area (Å²) in [4.78, 5) is 3.81. The number of hydrogen-bond donors (Lipinski definition) is 1. The highest BCUT2D eigenvalue weighted by molar-refractivity contribution is 7.98. The Kier molecular flexibility index (Phi) is 7.19. The fourth-order valence-corrected chi connectivity index (χ4v) is 3.42. The first-order chi connectivity index (χ1) is 8.20. The van der Waals surface area contributed by atoms with Gasteiger partial charge in [0, 0.05) is 10.9 Å². The fourth-order valence-electron chi connectivity index (χ4n) is 2.04. The highest BCUT2D eigenvalue weighted by Gasteiger charge is 2.23. The van der Waals surface area contributed by atoms with Gasteiger partial charge in [-0.2, -0.15) is 11.8 Å². The predicted octanol–water partition coefficient (Wildman–Crippen LogP) is 3.21. The first kappa shape index (κ1) is 15.0. The topological polar surface area (TPSA) is 29.3 Å². The lowest BCUT2D eigenvalue weighted by Crippen LogP contribution is -2.39. The lowest BCUT2D eigenvalue weighted by Gasteiger charge is -2.31. The number of likely N-dealkylation sites (N-methyl/N-ethyl adjacent to an activating group) is 1. The first-order valence-corrected chi connectivity index (χ1v) is 8.46. The minimum atomic E-state index is 0.230. The summed E-state index contributed by atoms with van der Waals surface area (Å²) in [6.45, 7) is 3.29. The molecule has 2 N–H and O–H groups in total. The van der Waals surface area contributed by atoms with Gasteiger partial charge in [0.15, 0.2) is 0 Å². The molecule has 0 bridgehead atoms. The standard InChI is InChI=1S/C13H24N2S2/c1-4-11(14)13(12-7-5-10-17-12)15(2)8-6-9-16-3/h5,7,10-11,13H,4,6,8-9,14H2,1-3H3. The molecule has 17 heavy (non-hydrogen) atoms. The van der Waals surface area contributed by atoms with Gasteiger partial charge in [-0.15, -0.1) is 11.3 Å². The molecule has 1 heterocycles. The minimum absolute atomic E-state index is 0.230. The molecule has 2 unspecified atom stereocenters. The zero-order chi connectivity index (χ0) is 12.7. The number of rotatable bonds is 8. The van der Waals surface area contributed by atoms with Crippen molar-refractivity contribution >= 4 is 23.1 Å². The molecule has 0 amide bonds. The van der Waals surface area contributed by atoms with Gasteiger partial charge in [0.1, 0.15) is 0 Å². The summed E-state index contributed by atoms with van der Waals surface area (Å²) in [6.07, 6.45) is 4.42. The molecule has 2 nitrogen and oxygen atoms in total. The average molecular weight is 272 g/mol. The Labute approximate surface area is 114 Å². The number of thioether (sulfide) groups is 1. The van der Waals surface area contributed by atoms with Crippen LogP contribution in [0, 0.1) is 0 Å². The number of thiophene rings is 1. The molecule has 1 aromatic heterocycles. The van der Waals surface area contributed by atoms with Crippen LogP contribution in [0.15, 0.2) is 17.5 Å². The van der Waals surface area contributed by atoms with Gasteiger partial charge in [-0.3, -0.25) is 4.90 Å². The van der Waals surface area contributed by atoms with E-state index in [0.717, 1.165) is 13.0 Å². The number of hydrogen-bond acceptors (Lipinski definition) is 4. The fraction of sp³-hybridized carbons (Fsp3) is 0.692. The molecule has 0 aliphatic heterocycles. The van der Waals surface area contributed by atoms with Crippen LogP contribution >= 0.6 is 23.1 Å². The molecule has 4 heteroatoms. The van der Waals surface area contributed by atoms with E-state index in [0.29, 0.717) is 6.04 Å². The Balaban J connectivity index is 2.63. The van der Waals surface area contributed by atoms with Crippen molar-refractivity contribution in [3.05, 3.63) is 22.4 Å². The molecular weight excluding hydrogens is 248 g/mol. The van der Waals surface area contributed by atoms with Crippen LogP contribution in [0.2, 0.25) is 0 Å².